The molecule has 118 valence electrons. The van der Waals surface area contributed by atoms with Gasteiger partial charge in [0.1, 0.15) is 0 Å². The van der Waals surface area contributed by atoms with Gasteiger partial charge in [-0.1, -0.05) is 6.07 Å². The molecule has 0 bridgehead atoms. The minimum absolute atomic E-state index is 0.0455. The van der Waals surface area contributed by atoms with Crippen molar-refractivity contribution < 1.29 is 4.79 Å². The van der Waals surface area contributed by atoms with Crippen molar-refractivity contribution in [1.29, 1.82) is 5.26 Å². The molecule has 1 aromatic carbocycles. The van der Waals surface area contributed by atoms with Crippen molar-refractivity contribution in [3.8, 4) is 6.07 Å². The molecule has 0 saturated heterocycles. The summed E-state index contributed by atoms with van der Waals surface area (Å²) in [6, 6.07) is 13.0. The van der Waals surface area contributed by atoms with Gasteiger partial charge in [-0.25, -0.2) is 0 Å². The van der Waals surface area contributed by atoms with Crippen LogP contribution >= 0.6 is 0 Å². The number of hydrogen-bond donors (Lipinski definition) is 1. The summed E-state index contributed by atoms with van der Waals surface area (Å²) in [5.41, 5.74) is 2.44. The molecule has 0 aliphatic rings. The molecule has 1 aromatic heterocycles. The summed E-state index contributed by atoms with van der Waals surface area (Å²) in [6.45, 7) is 1.58. The van der Waals surface area contributed by atoms with Gasteiger partial charge in [0.2, 0.25) is 5.91 Å². The Hall–Kier alpha value is -2.71. The van der Waals surface area contributed by atoms with E-state index in [9.17, 15) is 4.79 Å². The molecular weight excluding hydrogens is 288 g/mol. The molecule has 23 heavy (non-hydrogen) atoms. The fourth-order valence-corrected chi connectivity index (χ4v) is 2.16. The zero-order chi connectivity index (χ0) is 16.5. The van der Waals surface area contributed by atoms with E-state index in [0.29, 0.717) is 24.2 Å². The predicted octanol–water partition coefficient (Wildman–Crippen LogP) is 2.46. The Morgan fingerprint density at radius 2 is 2.04 bits per heavy atom. The Balaban J connectivity index is 1.72. The largest absolute Gasteiger partial charge is 0.326 e. The van der Waals surface area contributed by atoms with Crippen molar-refractivity contribution in [3.63, 3.8) is 0 Å². The topological polar surface area (TPSA) is 69.0 Å². The number of anilines is 1. The first kappa shape index (κ1) is 16.7. The van der Waals surface area contributed by atoms with E-state index in [1.54, 1.807) is 36.7 Å². The Morgan fingerprint density at radius 1 is 1.26 bits per heavy atom. The van der Waals surface area contributed by atoms with Gasteiger partial charge in [0.25, 0.3) is 0 Å². The normalized spacial score (nSPS) is 10.3. The quantitative estimate of drug-likeness (QED) is 0.853. The van der Waals surface area contributed by atoms with Gasteiger partial charge in [-0.15, -0.1) is 0 Å². The number of benzene rings is 1. The number of carbonyl (C=O) groups excluding carboxylic acids is 1. The van der Waals surface area contributed by atoms with Crippen LogP contribution in [0.25, 0.3) is 0 Å². The van der Waals surface area contributed by atoms with Gasteiger partial charge in [-0.05, 0) is 49.4 Å². The third-order valence-corrected chi connectivity index (χ3v) is 3.53. The lowest BCUT2D eigenvalue weighted by atomic mass is 10.2. The Morgan fingerprint density at radius 3 is 2.78 bits per heavy atom. The molecule has 1 N–H and O–H groups in total. The first-order valence-electron chi connectivity index (χ1n) is 7.55. The smallest absolute Gasteiger partial charge is 0.225 e. The van der Waals surface area contributed by atoms with Crippen LogP contribution in [0.1, 0.15) is 17.5 Å². The molecule has 2 aromatic rings. The van der Waals surface area contributed by atoms with Crippen LogP contribution in [0, 0.1) is 11.3 Å². The van der Waals surface area contributed by atoms with E-state index in [1.807, 2.05) is 19.2 Å². The third-order valence-electron chi connectivity index (χ3n) is 3.53. The van der Waals surface area contributed by atoms with Gasteiger partial charge < -0.3 is 10.2 Å². The zero-order valence-corrected chi connectivity index (χ0v) is 13.2. The highest BCUT2D eigenvalue weighted by atomic mass is 16.1. The summed E-state index contributed by atoms with van der Waals surface area (Å²) in [5.74, 6) is -0.0455. The van der Waals surface area contributed by atoms with E-state index in [4.69, 9.17) is 5.26 Å². The SMILES string of the molecule is CN(CCC(=O)Nc1cccc(C#N)c1)CCc1ccncc1. The number of pyridine rings is 1. The number of nitrogens with zero attached hydrogens (tertiary/aromatic N) is 3. The number of nitrogens with one attached hydrogen (secondary N) is 1. The second-order valence-corrected chi connectivity index (χ2v) is 5.40. The van der Waals surface area contributed by atoms with Gasteiger partial charge in [0, 0.05) is 37.6 Å². The van der Waals surface area contributed by atoms with Crippen LogP contribution in [0.15, 0.2) is 48.8 Å². The molecule has 0 saturated carbocycles. The molecule has 0 radical (unpaired) electrons. The minimum atomic E-state index is -0.0455. The lowest BCUT2D eigenvalue weighted by Crippen LogP contribution is -2.26. The van der Waals surface area contributed by atoms with Gasteiger partial charge >= 0.3 is 0 Å². The number of rotatable bonds is 7. The predicted molar refractivity (Wildman–Crippen MR) is 89.8 cm³/mol. The van der Waals surface area contributed by atoms with Crippen LogP contribution in [0.4, 0.5) is 5.69 Å². The Bertz CT molecular complexity index is 679. The second kappa shape index (κ2) is 8.66. The highest BCUT2D eigenvalue weighted by molar-refractivity contribution is 5.90. The molecule has 2 rings (SSSR count). The van der Waals surface area contributed by atoms with E-state index in [1.165, 1.54) is 5.56 Å². The summed E-state index contributed by atoms with van der Waals surface area (Å²) in [6.07, 6.45) is 4.94. The molecular formula is C18H20N4O. The van der Waals surface area contributed by atoms with Crippen molar-refractivity contribution in [2.75, 3.05) is 25.5 Å². The van der Waals surface area contributed by atoms with Gasteiger partial charge in [0.15, 0.2) is 0 Å². The second-order valence-electron chi connectivity index (χ2n) is 5.40. The summed E-state index contributed by atoms with van der Waals surface area (Å²) < 4.78 is 0. The van der Waals surface area contributed by atoms with E-state index in [-0.39, 0.29) is 5.91 Å². The monoisotopic (exact) mass is 308 g/mol. The Kier molecular flexibility index (Phi) is 6.28. The number of carbonyl (C=O) groups is 1. The number of nitriles is 1. The number of hydrogen-bond acceptors (Lipinski definition) is 4. The molecule has 5 nitrogen and oxygen atoms in total. The fraction of sp³-hybridized carbons (Fsp3) is 0.278. The van der Waals surface area contributed by atoms with Gasteiger partial charge in [-0.2, -0.15) is 5.26 Å². The maximum atomic E-state index is 12.0. The van der Waals surface area contributed by atoms with Crippen LogP contribution in [0.5, 0.6) is 0 Å². The first-order valence-corrected chi connectivity index (χ1v) is 7.55. The van der Waals surface area contributed by atoms with E-state index >= 15 is 0 Å². The lowest BCUT2D eigenvalue weighted by Gasteiger charge is -2.16. The van der Waals surface area contributed by atoms with Gasteiger partial charge in [-0.3, -0.25) is 9.78 Å². The standard InChI is InChI=1S/C18H20N4O/c1-22(11-7-15-5-9-20-10-6-15)12-8-18(23)21-17-4-2-3-16(13-17)14-19/h2-6,9-10,13H,7-8,11-12H2,1H3,(H,21,23). The fourth-order valence-electron chi connectivity index (χ4n) is 2.16. The summed E-state index contributed by atoms with van der Waals surface area (Å²) in [4.78, 5) is 18.1. The molecule has 0 atom stereocenters. The van der Waals surface area contributed by atoms with Crippen molar-refractivity contribution >= 4 is 11.6 Å². The van der Waals surface area contributed by atoms with E-state index in [2.05, 4.69) is 21.3 Å². The summed E-state index contributed by atoms with van der Waals surface area (Å²) in [5, 5.41) is 11.7. The average molecular weight is 308 g/mol. The molecule has 0 aliphatic heterocycles. The highest BCUT2D eigenvalue weighted by Gasteiger charge is 2.06. The number of amides is 1. The highest BCUT2D eigenvalue weighted by Crippen LogP contribution is 2.10. The molecule has 1 heterocycles. The number of aromatic nitrogens is 1. The maximum absolute atomic E-state index is 12.0. The molecule has 0 aliphatic carbocycles. The van der Waals surface area contributed by atoms with Crippen LogP contribution < -0.4 is 5.32 Å². The van der Waals surface area contributed by atoms with Crippen LogP contribution in [-0.4, -0.2) is 35.9 Å². The van der Waals surface area contributed by atoms with E-state index in [0.717, 1.165) is 13.0 Å². The van der Waals surface area contributed by atoms with Gasteiger partial charge in [0.05, 0.1) is 11.6 Å². The number of likely N-dealkylation sites (N-methyl/N-ethyl adjacent to an activating group) is 1. The Labute approximate surface area is 136 Å². The summed E-state index contributed by atoms with van der Waals surface area (Å²) in [7, 11) is 2.00. The van der Waals surface area contributed by atoms with Crippen molar-refractivity contribution in [2.24, 2.45) is 0 Å². The van der Waals surface area contributed by atoms with Crippen LogP contribution in [0.3, 0.4) is 0 Å². The average Bonchev–Trinajstić information content (AvgIpc) is 2.59. The first-order chi connectivity index (χ1) is 11.2. The molecule has 5 heteroatoms. The maximum Gasteiger partial charge on any atom is 0.225 e. The molecule has 0 spiro atoms. The minimum Gasteiger partial charge on any atom is -0.326 e. The molecule has 1 amide bonds. The molecule has 0 unspecified atom stereocenters. The lowest BCUT2D eigenvalue weighted by molar-refractivity contribution is -0.116. The molecule has 0 fully saturated rings. The summed E-state index contributed by atoms with van der Waals surface area (Å²) >= 11 is 0. The third kappa shape index (κ3) is 5.89. The van der Waals surface area contributed by atoms with Crippen molar-refractivity contribution in [3.05, 3.63) is 59.9 Å². The van der Waals surface area contributed by atoms with Crippen molar-refractivity contribution in [1.82, 2.24) is 9.88 Å². The zero-order valence-electron chi connectivity index (χ0n) is 13.2. The van der Waals surface area contributed by atoms with Crippen LogP contribution in [-0.2, 0) is 11.2 Å². The van der Waals surface area contributed by atoms with Crippen molar-refractivity contribution in [2.45, 2.75) is 12.8 Å². The van der Waals surface area contributed by atoms with E-state index < -0.39 is 0 Å². The van der Waals surface area contributed by atoms with Crippen LogP contribution in [0.2, 0.25) is 0 Å².